The Morgan fingerprint density at radius 1 is 0.750 bits per heavy atom. The average molecular weight is 137 g/mol. The van der Waals surface area contributed by atoms with Crippen LogP contribution in [0.5, 0.6) is 0 Å². The Balaban J connectivity index is 0. The molecule has 1 nitrogen and oxygen atoms in total. The molecule has 28 valence electrons. The molecule has 0 bridgehead atoms. The van der Waals surface area contributed by atoms with Crippen molar-refractivity contribution in [2.24, 2.45) is 0 Å². The molecule has 4 heavy (non-hydrogen) atoms. The van der Waals surface area contributed by atoms with Gasteiger partial charge in [0.25, 0.3) is 0 Å². The predicted octanol–water partition coefficient (Wildman–Crippen LogP) is -5.62. The summed E-state index contributed by atoms with van der Waals surface area (Å²) in [4.78, 5) is 0. The van der Waals surface area contributed by atoms with E-state index in [0.717, 1.165) is 0 Å². The maximum absolute atomic E-state index is 0. The molecule has 0 fully saturated rings. The van der Waals surface area contributed by atoms with Crippen molar-refractivity contribution in [1.29, 1.82) is 0 Å². The van der Waals surface area contributed by atoms with Gasteiger partial charge in [-0.25, -0.2) is 0 Å². The van der Waals surface area contributed by atoms with Gasteiger partial charge >= 0.3 is 0 Å². The van der Waals surface area contributed by atoms with Gasteiger partial charge < -0.3 is 31.0 Å². The Kier molecular flexibility index (Phi) is 433. The summed E-state index contributed by atoms with van der Waals surface area (Å²) in [7, 11) is 0. The van der Waals surface area contributed by atoms with Gasteiger partial charge in [-0.1, -0.05) is 0 Å². The number of halogens is 2. The number of hydrogen-bond acceptors (Lipinski definition) is 0. The molecule has 0 radical (unpaired) electrons. The van der Waals surface area contributed by atoms with Gasteiger partial charge in [-0.15, -0.1) is 0 Å². The Labute approximate surface area is 52.8 Å². The summed E-state index contributed by atoms with van der Waals surface area (Å²) >= 11 is 0. The molecule has 0 aromatic rings. The van der Waals surface area contributed by atoms with Gasteiger partial charge in [0.05, 0.1) is 0 Å². The zero-order valence-electron chi connectivity index (χ0n) is 2.26. The van der Waals surface area contributed by atoms with E-state index in [1.807, 2.05) is 0 Å². The van der Waals surface area contributed by atoms with Crippen molar-refractivity contribution in [3.8, 4) is 0 Å². The van der Waals surface area contributed by atoms with Crippen LogP contribution in [0, 0.1) is 0 Å². The smallest absolute Gasteiger partial charge is 0 e. The molecule has 0 aliphatic rings. The Bertz CT molecular complexity index is 6.00. The number of quaternary nitrogens is 1. The van der Waals surface area contributed by atoms with E-state index in [-0.39, 0.29) is 52.7 Å². The molecule has 0 heterocycles. The van der Waals surface area contributed by atoms with Crippen LogP contribution in [0.25, 0.3) is 0 Å². The zero-order chi connectivity index (χ0) is 0. The van der Waals surface area contributed by atoms with Crippen molar-refractivity contribution in [2.45, 2.75) is 0 Å². The minimum Gasteiger partial charge on any atom is -1.00 e. The van der Waals surface area contributed by atoms with Gasteiger partial charge in [-0.05, 0) is 0 Å². The molecule has 0 unspecified atom stereocenters. The molecule has 0 saturated carbocycles. The van der Waals surface area contributed by atoms with E-state index >= 15 is 0 Å². The second kappa shape index (κ2) is 28.6. The molecule has 4 heteroatoms. The third-order valence-electron chi connectivity index (χ3n) is 0. The molecule has 0 aliphatic carbocycles. The molecule has 0 amide bonds. The maximum atomic E-state index is 0. The third-order valence-corrected chi connectivity index (χ3v) is 0. The van der Waals surface area contributed by atoms with E-state index in [0.29, 0.717) is 0 Å². The Morgan fingerprint density at radius 3 is 0.750 bits per heavy atom. The van der Waals surface area contributed by atoms with Crippen LogP contribution < -0.4 is 31.0 Å². The van der Waals surface area contributed by atoms with E-state index in [4.69, 9.17) is 0 Å². The molecule has 0 spiro atoms. The van der Waals surface area contributed by atoms with Crippen LogP contribution in [-0.4, -0.2) is 0 Å². The van der Waals surface area contributed by atoms with Crippen LogP contribution in [0.15, 0.2) is 0 Å². The summed E-state index contributed by atoms with van der Waals surface area (Å²) in [5.74, 6) is 0. The fourth-order valence-corrected chi connectivity index (χ4v) is 0. The van der Waals surface area contributed by atoms with Crippen molar-refractivity contribution < 1.29 is 46.5 Å². The third kappa shape index (κ3) is 10.5. The van der Waals surface area contributed by atoms with Crippen LogP contribution >= 0.6 is 0 Å². The average Bonchev–Trinajstić information content (AvgIpc) is 0. The van der Waals surface area contributed by atoms with Crippen molar-refractivity contribution in [3.63, 3.8) is 0 Å². The monoisotopic (exact) mass is 136 g/mol. The van der Waals surface area contributed by atoms with Gasteiger partial charge in [0, 0.05) is 21.7 Å². The summed E-state index contributed by atoms with van der Waals surface area (Å²) in [6, 6.07) is 0. The Morgan fingerprint density at radius 2 is 0.750 bits per heavy atom. The summed E-state index contributed by atoms with van der Waals surface area (Å²) in [5, 5.41) is 0. The van der Waals surface area contributed by atoms with Crippen LogP contribution in [0.4, 0.5) is 0 Å². The first-order valence-electron chi connectivity index (χ1n) is 0. The molecule has 0 aromatic heterocycles. The normalized spacial score (nSPS) is 0. The zero-order valence-corrected chi connectivity index (χ0v) is 5.33. The number of hydrogen-bond donors (Lipinski definition) is 1. The van der Waals surface area contributed by atoms with Gasteiger partial charge in [0.2, 0.25) is 0 Å². The molecule has 0 saturated heterocycles. The molecular weight excluding hydrogens is 133 g/mol. The minimum absolute atomic E-state index is 0. The maximum Gasteiger partial charge on any atom is 0 e. The van der Waals surface area contributed by atoms with Gasteiger partial charge in [0.15, 0.2) is 0 Å². The van der Waals surface area contributed by atoms with E-state index < -0.39 is 0 Å². The van der Waals surface area contributed by atoms with Gasteiger partial charge in [0.1, 0.15) is 0 Å². The second-order valence-electron chi connectivity index (χ2n) is 0. The van der Waals surface area contributed by atoms with Crippen LogP contribution in [0.1, 0.15) is 0 Å². The van der Waals surface area contributed by atoms with E-state index in [9.17, 15) is 0 Å². The molecule has 0 aliphatic heterocycles. The summed E-state index contributed by atoms with van der Waals surface area (Å²) in [6.07, 6.45) is 0. The molecule has 0 aromatic carbocycles. The van der Waals surface area contributed by atoms with E-state index in [1.54, 1.807) is 0 Å². The SMILES string of the molecule is [Cl-].[Cl-].[NH4+].[Ti]. The quantitative estimate of drug-likeness (QED) is 0.323. The fraction of sp³-hybridized carbons (Fsp3) is 0. The minimum atomic E-state index is 0. The van der Waals surface area contributed by atoms with Crippen molar-refractivity contribution >= 4 is 0 Å². The molecule has 4 N–H and O–H groups in total. The van der Waals surface area contributed by atoms with Gasteiger partial charge in [-0.2, -0.15) is 0 Å². The van der Waals surface area contributed by atoms with Crippen LogP contribution in [0.3, 0.4) is 0 Å². The van der Waals surface area contributed by atoms with Gasteiger partial charge in [-0.3, -0.25) is 0 Å². The molecular formula is H4Cl2NTi-. The standard InChI is InChI=1S/2ClH.H3N.Ti/h2*1H;1H3;/p-1. The summed E-state index contributed by atoms with van der Waals surface area (Å²) < 4.78 is 0. The summed E-state index contributed by atoms with van der Waals surface area (Å²) in [5.41, 5.74) is 0. The molecule has 0 atom stereocenters. The summed E-state index contributed by atoms with van der Waals surface area (Å²) in [6.45, 7) is 0. The first kappa shape index (κ1) is 60.4. The molecule has 0 rings (SSSR count). The van der Waals surface area contributed by atoms with Crippen molar-refractivity contribution in [2.75, 3.05) is 0 Å². The number of rotatable bonds is 0. The van der Waals surface area contributed by atoms with Crippen molar-refractivity contribution in [3.05, 3.63) is 0 Å². The van der Waals surface area contributed by atoms with E-state index in [2.05, 4.69) is 0 Å². The van der Waals surface area contributed by atoms with E-state index in [1.165, 1.54) is 0 Å². The second-order valence-corrected chi connectivity index (χ2v) is 0. The first-order chi connectivity index (χ1) is 0. The van der Waals surface area contributed by atoms with Crippen LogP contribution in [0.2, 0.25) is 0 Å². The first-order valence-corrected chi connectivity index (χ1v) is 0. The Hall–Kier alpha value is 1.25. The van der Waals surface area contributed by atoms with Crippen LogP contribution in [-0.2, 0) is 21.7 Å². The fourth-order valence-electron chi connectivity index (χ4n) is 0. The predicted molar refractivity (Wildman–Crippen MR) is 5.98 cm³/mol. The van der Waals surface area contributed by atoms with Crippen molar-refractivity contribution in [1.82, 2.24) is 6.15 Å². The largest absolute Gasteiger partial charge is 1.00 e. The topological polar surface area (TPSA) is 36.5 Å².